The Morgan fingerprint density at radius 2 is 2.31 bits per heavy atom. The fourth-order valence-corrected chi connectivity index (χ4v) is 1.84. The van der Waals surface area contributed by atoms with Gasteiger partial charge in [0.15, 0.2) is 0 Å². The number of ether oxygens (including phenoxy) is 1. The largest absolute Gasteiger partial charge is 0.380 e. The molecule has 1 amide bonds. The van der Waals surface area contributed by atoms with Crippen molar-refractivity contribution in [2.24, 2.45) is 0 Å². The van der Waals surface area contributed by atoms with Crippen LogP contribution in [0.5, 0.6) is 0 Å². The summed E-state index contributed by atoms with van der Waals surface area (Å²) < 4.78 is 6.04. The van der Waals surface area contributed by atoms with Crippen LogP contribution in [0.3, 0.4) is 0 Å². The summed E-state index contributed by atoms with van der Waals surface area (Å²) in [7, 11) is 1.64. The first kappa shape index (κ1) is 11.6. The minimum atomic E-state index is 0.00681. The van der Waals surface area contributed by atoms with E-state index in [4.69, 9.17) is 4.74 Å². The number of carbonyl (C=O) groups excluding carboxylic acids is 1. The SMILES string of the molecule is COCc1cc(C(=O)NC2CC2)ccc1Br. The van der Waals surface area contributed by atoms with Crippen molar-refractivity contribution < 1.29 is 9.53 Å². The number of carbonyl (C=O) groups is 1. The van der Waals surface area contributed by atoms with E-state index < -0.39 is 0 Å². The molecule has 0 aliphatic heterocycles. The lowest BCUT2D eigenvalue weighted by molar-refractivity contribution is 0.0950. The van der Waals surface area contributed by atoms with Gasteiger partial charge in [0.1, 0.15) is 0 Å². The molecule has 0 spiro atoms. The second-order valence-corrected chi connectivity index (χ2v) is 4.84. The number of nitrogens with one attached hydrogen (secondary N) is 1. The summed E-state index contributed by atoms with van der Waals surface area (Å²) in [4.78, 5) is 11.8. The normalized spacial score (nSPS) is 14.9. The maximum absolute atomic E-state index is 11.8. The highest BCUT2D eigenvalue weighted by Gasteiger charge is 2.23. The van der Waals surface area contributed by atoms with E-state index >= 15 is 0 Å². The Kier molecular flexibility index (Phi) is 3.61. The second-order valence-electron chi connectivity index (χ2n) is 3.99. The number of methoxy groups -OCH3 is 1. The van der Waals surface area contributed by atoms with E-state index in [0.29, 0.717) is 18.2 Å². The van der Waals surface area contributed by atoms with Crippen LogP contribution in [-0.2, 0) is 11.3 Å². The third-order valence-electron chi connectivity index (χ3n) is 2.52. The lowest BCUT2D eigenvalue weighted by Gasteiger charge is -2.07. The predicted octanol–water partition coefficient (Wildman–Crippen LogP) is 2.49. The Hall–Kier alpha value is -0.870. The summed E-state index contributed by atoms with van der Waals surface area (Å²) in [5.74, 6) is 0.00681. The first-order valence-corrected chi connectivity index (χ1v) is 6.08. The topological polar surface area (TPSA) is 38.3 Å². The van der Waals surface area contributed by atoms with Gasteiger partial charge in [-0.2, -0.15) is 0 Å². The van der Waals surface area contributed by atoms with Crippen molar-refractivity contribution in [1.29, 1.82) is 0 Å². The summed E-state index contributed by atoms with van der Waals surface area (Å²) in [5.41, 5.74) is 1.69. The van der Waals surface area contributed by atoms with Crippen molar-refractivity contribution in [1.82, 2.24) is 5.32 Å². The number of hydrogen-bond donors (Lipinski definition) is 1. The van der Waals surface area contributed by atoms with Crippen molar-refractivity contribution in [2.45, 2.75) is 25.5 Å². The van der Waals surface area contributed by atoms with E-state index in [1.54, 1.807) is 7.11 Å². The molecule has 4 heteroatoms. The van der Waals surface area contributed by atoms with E-state index in [-0.39, 0.29) is 5.91 Å². The maximum Gasteiger partial charge on any atom is 0.251 e. The van der Waals surface area contributed by atoms with Crippen molar-refractivity contribution in [3.05, 3.63) is 33.8 Å². The van der Waals surface area contributed by atoms with E-state index in [0.717, 1.165) is 22.9 Å². The Labute approximate surface area is 103 Å². The minimum Gasteiger partial charge on any atom is -0.380 e. The van der Waals surface area contributed by atoms with Gasteiger partial charge in [-0.3, -0.25) is 4.79 Å². The molecule has 1 aliphatic carbocycles. The van der Waals surface area contributed by atoms with Crippen molar-refractivity contribution in [3.8, 4) is 0 Å². The molecule has 0 atom stereocenters. The van der Waals surface area contributed by atoms with E-state index in [9.17, 15) is 4.79 Å². The first-order chi connectivity index (χ1) is 7.70. The fourth-order valence-electron chi connectivity index (χ4n) is 1.48. The molecular formula is C12H14BrNO2. The van der Waals surface area contributed by atoms with Crippen LogP contribution in [-0.4, -0.2) is 19.1 Å². The second kappa shape index (κ2) is 4.97. The fraction of sp³-hybridized carbons (Fsp3) is 0.417. The zero-order valence-corrected chi connectivity index (χ0v) is 10.7. The zero-order chi connectivity index (χ0) is 11.5. The smallest absolute Gasteiger partial charge is 0.251 e. The van der Waals surface area contributed by atoms with Gasteiger partial charge in [0.05, 0.1) is 6.61 Å². The molecule has 0 unspecified atom stereocenters. The van der Waals surface area contributed by atoms with Gasteiger partial charge in [0.25, 0.3) is 5.91 Å². The molecule has 1 aromatic carbocycles. The first-order valence-electron chi connectivity index (χ1n) is 5.29. The van der Waals surface area contributed by atoms with Gasteiger partial charge in [-0.1, -0.05) is 15.9 Å². The van der Waals surface area contributed by atoms with Crippen molar-refractivity contribution in [2.75, 3.05) is 7.11 Å². The van der Waals surface area contributed by atoms with Gasteiger partial charge in [-0.05, 0) is 36.6 Å². The van der Waals surface area contributed by atoms with Crippen LogP contribution in [0.2, 0.25) is 0 Å². The Morgan fingerprint density at radius 1 is 1.56 bits per heavy atom. The van der Waals surface area contributed by atoms with Gasteiger partial charge < -0.3 is 10.1 Å². The maximum atomic E-state index is 11.8. The number of hydrogen-bond acceptors (Lipinski definition) is 2. The lowest BCUT2D eigenvalue weighted by Crippen LogP contribution is -2.25. The molecule has 1 aromatic rings. The van der Waals surface area contributed by atoms with Gasteiger partial charge in [0.2, 0.25) is 0 Å². The highest BCUT2D eigenvalue weighted by Crippen LogP contribution is 2.22. The van der Waals surface area contributed by atoms with Gasteiger partial charge in [-0.15, -0.1) is 0 Å². The Bertz CT molecular complexity index is 402. The van der Waals surface area contributed by atoms with Crippen LogP contribution in [0.25, 0.3) is 0 Å². The summed E-state index contributed by atoms with van der Waals surface area (Å²) in [5, 5.41) is 2.96. The number of halogens is 1. The zero-order valence-electron chi connectivity index (χ0n) is 9.13. The van der Waals surface area contributed by atoms with Gasteiger partial charge in [-0.25, -0.2) is 0 Å². The molecule has 0 radical (unpaired) electrons. The van der Waals surface area contributed by atoms with E-state index in [1.807, 2.05) is 18.2 Å². The van der Waals surface area contributed by atoms with Crippen LogP contribution >= 0.6 is 15.9 Å². The van der Waals surface area contributed by atoms with Crippen LogP contribution in [0.4, 0.5) is 0 Å². The third kappa shape index (κ3) is 2.83. The highest BCUT2D eigenvalue weighted by molar-refractivity contribution is 9.10. The van der Waals surface area contributed by atoms with Gasteiger partial charge in [0, 0.05) is 23.2 Å². The van der Waals surface area contributed by atoms with Crippen LogP contribution < -0.4 is 5.32 Å². The Morgan fingerprint density at radius 3 is 2.94 bits per heavy atom. The lowest BCUT2D eigenvalue weighted by atomic mass is 10.1. The van der Waals surface area contributed by atoms with Crippen LogP contribution in [0.1, 0.15) is 28.8 Å². The molecule has 1 aliphatic rings. The third-order valence-corrected chi connectivity index (χ3v) is 3.29. The molecule has 1 saturated carbocycles. The quantitative estimate of drug-likeness (QED) is 0.922. The van der Waals surface area contributed by atoms with E-state index in [1.165, 1.54) is 0 Å². The number of benzene rings is 1. The Balaban J connectivity index is 2.13. The summed E-state index contributed by atoms with van der Waals surface area (Å²) in [6, 6.07) is 5.96. The summed E-state index contributed by atoms with van der Waals surface area (Å²) in [6.07, 6.45) is 2.21. The molecule has 86 valence electrons. The van der Waals surface area contributed by atoms with Crippen LogP contribution in [0.15, 0.2) is 22.7 Å². The van der Waals surface area contributed by atoms with E-state index in [2.05, 4.69) is 21.2 Å². The monoisotopic (exact) mass is 283 g/mol. The molecule has 3 nitrogen and oxygen atoms in total. The van der Waals surface area contributed by atoms with Gasteiger partial charge >= 0.3 is 0 Å². The summed E-state index contributed by atoms with van der Waals surface area (Å²) in [6.45, 7) is 0.505. The molecule has 0 heterocycles. The minimum absolute atomic E-state index is 0.00681. The molecule has 2 rings (SSSR count). The average molecular weight is 284 g/mol. The number of amides is 1. The summed E-state index contributed by atoms with van der Waals surface area (Å²) >= 11 is 3.43. The number of rotatable bonds is 4. The molecule has 1 N–H and O–H groups in total. The molecule has 0 saturated heterocycles. The van der Waals surface area contributed by atoms with Crippen molar-refractivity contribution in [3.63, 3.8) is 0 Å². The molecular weight excluding hydrogens is 270 g/mol. The standard InChI is InChI=1S/C12H14BrNO2/c1-16-7-9-6-8(2-5-11(9)13)12(15)14-10-3-4-10/h2,5-6,10H,3-4,7H2,1H3,(H,14,15). The molecule has 0 bridgehead atoms. The predicted molar refractivity (Wildman–Crippen MR) is 65.3 cm³/mol. The average Bonchev–Trinajstić information content (AvgIpc) is 3.05. The molecule has 0 aromatic heterocycles. The van der Waals surface area contributed by atoms with Crippen LogP contribution in [0, 0.1) is 0 Å². The highest BCUT2D eigenvalue weighted by atomic mass is 79.9. The van der Waals surface area contributed by atoms with Crippen molar-refractivity contribution >= 4 is 21.8 Å². The molecule has 16 heavy (non-hydrogen) atoms. The molecule has 1 fully saturated rings.